The Bertz CT molecular complexity index is 939. The molecule has 0 radical (unpaired) electrons. The molecule has 1 aliphatic carbocycles. The summed E-state index contributed by atoms with van der Waals surface area (Å²) < 4.78 is 16.0. The van der Waals surface area contributed by atoms with Crippen molar-refractivity contribution in [1.29, 1.82) is 0 Å². The zero-order valence-corrected chi connectivity index (χ0v) is 17.9. The van der Waals surface area contributed by atoms with Crippen LogP contribution in [0.25, 0.3) is 0 Å². The van der Waals surface area contributed by atoms with Crippen molar-refractivity contribution in [2.75, 3.05) is 20.3 Å². The molecule has 2 aliphatic heterocycles. The van der Waals surface area contributed by atoms with Gasteiger partial charge in [0.15, 0.2) is 5.78 Å². The van der Waals surface area contributed by atoms with E-state index < -0.39 is 23.8 Å². The van der Waals surface area contributed by atoms with Crippen LogP contribution in [0, 0.1) is 5.92 Å². The van der Waals surface area contributed by atoms with Crippen molar-refractivity contribution in [3.8, 4) is 0 Å². The van der Waals surface area contributed by atoms with Crippen molar-refractivity contribution in [3.05, 3.63) is 46.7 Å². The standard InChI is InChI=1S/C24H27NO6/c1-14-20(24(28)31-13-17-5-4-12-30-17)21(22-18(25-14)6-3-7-19(22)26)15-8-10-16(11-9-15)23(27)29-2/h8-11,17,20-21H,3-7,12-13H2,1-2H3/t17-,20?,21+/m1/s1. The van der Waals surface area contributed by atoms with Crippen LogP contribution in [0.5, 0.6) is 0 Å². The second kappa shape index (κ2) is 9.14. The summed E-state index contributed by atoms with van der Waals surface area (Å²) in [4.78, 5) is 42.6. The van der Waals surface area contributed by atoms with Crippen LogP contribution in [0.4, 0.5) is 0 Å². The van der Waals surface area contributed by atoms with E-state index in [2.05, 4.69) is 4.99 Å². The number of hydrogen-bond donors (Lipinski definition) is 0. The zero-order chi connectivity index (χ0) is 22.0. The summed E-state index contributed by atoms with van der Waals surface area (Å²) in [6.45, 7) is 2.71. The molecule has 2 heterocycles. The Hall–Kier alpha value is -2.80. The van der Waals surface area contributed by atoms with E-state index in [1.54, 1.807) is 24.3 Å². The van der Waals surface area contributed by atoms with E-state index in [0.717, 1.165) is 30.5 Å². The Morgan fingerprint density at radius 3 is 2.61 bits per heavy atom. The second-order valence-corrected chi connectivity index (χ2v) is 8.22. The predicted molar refractivity (Wildman–Crippen MR) is 113 cm³/mol. The number of hydrogen-bond acceptors (Lipinski definition) is 7. The minimum atomic E-state index is -0.689. The number of esters is 2. The number of benzene rings is 1. The number of Topliss-reactive ketones (excluding diaryl/α,β-unsaturated/α-hetero) is 1. The summed E-state index contributed by atoms with van der Waals surface area (Å²) in [7, 11) is 1.33. The summed E-state index contributed by atoms with van der Waals surface area (Å²) in [6, 6.07) is 6.87. The number of carbonyl (C=O) groups is 3. The summed E-state index contributed by atoms with van der Waals surface area (Å²) in [5, 5.41) is 0. The summed E-state index contributed by atoms with van der Waals surface area (Å²) in [5.41, 5.74) is 3.20. The van der Waals surface area contributed by atoms with Gasteiger partial charge in [0.1, 0.15) is 12.5 Å². The molecule has 7 heteroatoms. The van der Waals surface area contributed by atoms with Gasteiger partial charge in [-0.1, -0.05) is 12.1 Å². The van der Waals surface area contributed by atoms with E-state index in [-0.39, 0.29) is 18.5 Å². The molecule has 0 bridgehead atoms. The van der Waals surface area contributed by atoms with Crippen LogP contribution >= 0.6 is 0 Å². The first kappa shape index (κ1) is 21.4. The summed E-state index contributed by atoms with van der Waals surface area (Å²) in [5.74, 6) is -1.98. The zero-order valence-electron chi connectivity index (χ0n) is 17.9. The Morgan fingerprint density at radius 2 is 1.94 bits per heavy atom. The number of rotatable bonds is 5. The monoisotopic (exact) mass is 425 g/mol. The first-order valence-electron chi connectivity index (χ1n) is 10.8. The van der Waals surface area contributed by atoms with Gasteiger partial charge in [0.2, 0.25) is 0 Å². The van der Waals surface area contributed by atoms with E-state index in [4.69, 9.17) is 14.2 Å². The van der Waals surface area contributed by atoms with E-state index in [0.29, 0.717) is 36.3 Å². The maximum atomic E-state index is 13.2. The van der Waals surface area contributed by atoms with Gasteiger partial charge >= 0.3 is 11.9 Å². The van der Waals surface area contributed by atoms with Gasteiger partial charge < -0.3 is 14.2 Å². The molecule has 0 N–H and O–H groups in total. The Labute approximate surface area is 181 Å². The van der Waals surface area contributed by atoms with Crippen molar-refractivity contribution < 1.29 is 28.6 Å². The van der Waals surface area contributed by atoms with Gasteiger partial charge in [-0.2, -0.15) is 0 Å². The third-order valence-electron chi connectivity index (χ3n) is 6.21. The molecular weight excluding hydrogens is 398 g/mol. The molecule has 0 spiro atoms. The van der Waals surface area contributed by atoms with Crippen LogP contribution < -0.4 is 0 Å². The van der Waals surface area contributed by atoms with Crippen molar-refractivity contribution >= 4 is 23.4 Å². The highest BCUT2D eigenvalue weighted by Crippen LogP contribution is 2.43. The Balaban J connectivity index is 1.67. The predicted octanol–water partition coefficient (Wildman–Crippen LogP) is 3.38. The van der Waals surface area contributed by atoms with Crippen molar-refractivity contribution in [2.24, 2.45) is 10.9 Å². The van der Waals surface area contributed by atoms with E-state index >= 15 is 0 Å². The normalized spacial score (nSPS) is 25.7. The number of methoxy groups -OCH3 is 1. The molecule has 0 saturated carbocycles. The van der Waals surface area contributed by atoms with Crippen LogP contribution in [0.15, 0.2) is 40.5 Å². The highest BCUT2D eigenvalue weighted by Gasteiger charge is 2.43. The van der Waals surface area contributed by atoms with Crippen LogP contribution in [0.3, 0.4) is 0 Å². The maximum absolute atomic E-state index is 13.2. The van der Waals surface area contributed by atoms with Crippen molar-refractivity contribution in [3.63, 3.8) is 0 Å². The SMILES string of the molecule is COC(=O)c1ccc([C@@H]2C3=C(CCCC3=O)N=C(C)C2C(=O)OC[C@H]2CCCO2)cc1. The van der Waals surface area contributed by atoms with Crippen LogP contribution in [-0.4, -0.2) is 49.9 Å². The average Bonchev–Trinajstić information content (AvgIpc) is 3.30. The van der Waals surface area contributed by atoms with Gasteiger partial charge in [-0.05, 0) is 50.3 Å². The fourth-order valence-corrected chi connectivity index (χ4v) is 4.66. The third kappa shape index (κ3) is 4.32. The fourth-order valence-electron chi connectivity index (χ4n) is 4.66. The molecule has 164 valence electrons. The lowest BCUT2D eigenvalue weighted by atomic mass is 9.71. The molecule has 1 saturated heterocycles. The van der Waals surface area contributed by atoms with Crippen molar-refractivity contribution in [1.82, 2.24) is 0 Å². The summed E-state index contributed by atoms with van der Waals surface area (Å²) in [6.07, 6.45) is 3.68. The Kier molecular flexibility index (Phi) is 6.32. The van der Waals surface area contributed by atoms with Gasteiger partial charge in [0.05, 0.1) is 18.8 Å². The lowest BCUT2D eigenvalue weighted by molar-refractivity contribution is -0.149. The van der Waals surface area contributed by atoms with Crippen LogP contribution in [0.1, 0.15) is 60.9 Å². The second-order valence-electron chi connectivity index (χ2n) is 8.22. The first-order chi connectivity index (χ1) is 15.0. The van der Waals surface area contributed by atoms with Crippen molar-refractivity contribution in [2.45, 2.75) is 51.0 Å². The molecule has 7 nitrogen and oxygen atoms in total. The molecule has 0 amide bonds. The molecule has 1 unspecified atom stereocenters. The fraction of sp³-hybridized carbons (Fsp3) is 0.500. The number of ketones is 1. The van der Waals surface area contributed by atoms with Gasteiger partial charge in [0, 0.05) is 35.9 Å². The third-order valence-corrected chi connectivity index (χ3v) is 6.21. The van der Waals surface area contributed by atoms with Gasteiger partial charge in [0.25, 0.3) is 0 Å². The molecule has 1 fully saturated rings. The van der Waals surface area contributed by atoms with E-state index in [1.165, 1.54) is 7.11 Å². The average molecular weight is 425 g/mol. The maximum Gasteiger partial charge on any atom is 0.337 e. The topological polar surface area (TPSA) is 91.3 Å². The quantitative estimate of drug-likeness (QED) is 0.672. The lowest BCUT2D eigenvalue weighted by Crippen LogP contribution is -2.38. The lowest BCUT2D eigenvalue weighted by Gasteiger charge is -2.34. The van der Waals surface area contributed by atoms with E-state index in [9.17, 15) is 14.4 Å². The largest absolute Gasteiger partial charge is 0.465 e. The molecule has 3 aliphatic rings. The highest BCUT2D eigenvalue weighted by molar-refractivity contribution is 6.08. The van der Waals surface area contributed by atoms with Gasteiger partial charge in [-0.15, -0.1) is 0 Å². The highest BCUT2D eigenvalue weighted by atomic mass is 16.6. The number of aliphatic imine (C=N–C) groups is 1. The Morgan fingerprint density at radius 1 is 1.16 bits per heavy atom. The minimum Gasteiger partial charge on any atom is -0.465 e. The number of nitrogens with zero attached hydrogens (tertiary/aromatic N) is 1. The van der Waals surface area contributed by atoms with Gasteiger partial charge in [-0.3, -0.25) is 14.6 Å². The molecule has 0 aromatic heterocycles. The van der Waals surface area contributed by atoms with E-state index in [1.807, 2.05) is 6.92 Å². The first-order valence-corrected chi connectivity index (χ1v) is 10.8. The number of ether oxygens (including phenoxy) is 3. The smallest absolute Gasteiger partial charge is 0.337 e. The number of carbonyl (C=O) groups excluding carboxylic acids is 3. The molecule has 1 aromatic carbocycles. The molecule has 3 atom stereocenters. The van der Waals surface area contributed by atoms with Crippen LogP contribution in [0.2, 0.25) is 0 Å². The van der Waals surface area contributed by atoms with Gasteiger partial charge in [-0.25, -0.2) is 4.79 Å². The number of allylic oxidation sites excluding steroid dienone is 2. The summed E-state index contributed by atoms with van der Waals surface area (Å²) >= 11 is 0. The molecule has 31 heavy (non-hydrogen) atoms. The molecule has 1 aromatic rings. The molecular formula is C24H27NO6. The van der Waals surface area contributed by atoms with Crippen LogP contribution in [-0.2, 0) is 23.8 Å². The molecule has 4 rings (SSSR count). The minimum absolute atomic E-state index is 0.0245.